The van der Waals surface area contributed by atoms with Crippen molar-refractivity contribution >= 4 is 16.8 Å². The van der Waals surface area contributed by atoms with Crippen LogP contribution in [0.5, 0.6) is 5.75 Å². The van der Waals surface area contributed by atoms with Crippen LogP contribution in [0.2, 0.25) is 0 Å². The Kier molecular flexibility index (Phi) is 2.88. The number of carbonyl (C=O) groups is 1. The van der Waals surface area contributed by atoms with Crippen LogP contribution in [0.3, 0.4) is 0 Å². The van der Waals surface area contributed by atoms with Crippen LogP contribution in [0.15, 0.2) is 24.4 Å². The number of rotatable bonds is 2. The maximum absolute atomic E-state index is 13.9. The van der Waals surface area contributed by atoms with Gasteiger partial charge in [0, 0.05) is 24.6 Å². The Hall–Kier alpha value is -1.84. The average Bonchev–Trinajstić information content (AvgIpc) is 2.60. The highest BCUT2D eigenvalue weighted by Gasteiger charge is 2.12. The van der Waals surface area contributed by atoms with E-state index in [1.165, 1.54) is 17.6 Å². The average molecular weight is 235 g/mol. The summed E-state index contributed by atoms with van der Waals surface area (Å²) in [6.07, 6.45) is 1.55. The number of carbonyl (C=O) groups excluding carboxylic acids is 1. The molecule has 0 N–H and O–H groups in total. The molecule has 0 saturated carbocycles. The number of nitrogens with zero attached hydrogens (tertiary/aromatic N) is 1. The molecule has 1 aromatic heterocycles. The highest BCUT2D eigenvalue weighted by molar-refractivity contribution is 5.92. The van der Waals surface area contributed by atoms with E-state index in [9.17, 15) is 9.18 Å². The smallest absolute Gasteiger partial charge is 0.228 e. The topological polar surface area (TPSA) is 31.2 Å². The van der Waals surface area contributed by atoms with Crippen LogP contribution in [0, 0.1) is 5.82 Å². The van der Waals surface area contributed by atoms with Gasteiger partial charge < -0.3 is 4.74 Å². The molecule has 0 amide bonds. The second-order valence-corrected chi connectivity index (χ2v) is 4.21. The molecule has 0 unspecified atom stereocenters. The summed E-state index contributed by atoms with van der Waals surface area (Å²) < 4.78 is 20.6. The van der Waals surface area contributed by atoms with Crippen LogP contribution in [-0.4, -0.2) is 16.6 Å². The summed E-state index contributed by atoms with van der Waals surface area (Å²) in [6, 6.07) is 4.74. The summed E-state index contributed by atoms with van der Waals surface area (Å²) in [5.41, 5.74) is 0.300. The standard InChI is InChI=1S/C13H14FNO2/c1-8(2)17-11-6-10-4-5-15(9(3)16)13(10)12(14)7-11/h4-8H,1-3H3. The lowest BCUT2D eigenvalue weighted by atomic mass is 10.2. The number of halogens is 1. The van der Waals surface area contributed by atoms with Crippen LogP contribution < -0.4 is 4.74 Å². The Morgan fingerprint density at radius 1 is 1.41 bits per heavy atom. The summed E-state index contributed by atoms with van der Waals surface area (Å²) in [5.74, 6) is -0.180. The van der Waals surface area contributed by atoms with E-state index in [4.69, 9.17) is 4.74 Å². The molecular weight excluding hydrogens is 221 g/mol. The Balaban J connectivity index is 2.57. The van der Waals surface area contributed by atoms with E-state index in [0.29, 0.717) is 16.7 Å². The molecule has 17 heavy (non-hydrogen) atoms. The summed E-state index contributed by atoms with van der Waals surface area (Å²) >= 11 is 0. The van der Waals surface area contributed by atoms with E-state index < -0.39 is 5.82 Å². The lowest BCUT2D eigenvalue weighted by molar-refractivity contribution is 0.0941. The molecule has 0 radical (unpaired) electrons. The van der Waals surface area contributed by atoms with E-state index >= 15 is 0 Å². The molecule has 0 saturated heterocycles. The first-order valence-electron chi connectivity index (χ1n) is 5.47. The molecule has 0 aliphatic heterocycles. The molecule has 0 aliphatic rings. The third-order valence-electron chi connectivity index (χ3n) is 2.42. The molecule has 0 aliphatic carbocycles. The molecular formula is C13H14FNO2. The molecule has 2 aromatic rings. The number of aromatic nitrogens is 1. The van der Waals surface area contributed by atoms with Crippen molar-refractivity contribution in [3.05, 3.63) is 30.2 Å². The number of hydrogen-bond acceptors (Lipinski definition) is 2. The number of fused-ring (bicyclic) bond motifs is 1. The largest absolute Gasteiger partial charge is 0.491 e. The molecule has 0 bridgehead atoms. The van der Waals surface area contributed by atoms with Crippen molar-refractivity contribution in [3.8, 4) is 5.75 Å². The first kappa shape index (κ1) is 11.6. The molecule has 1 heterocycles. The third kappa shape index (κ3) is 2.16. The van der Waals surface area contributed by atoms with Gasteiger partial charge in [0.2, 0.25) is 5.91 Å². The van der Waals surface area contributed by atoms with Gasteiger partial charge in [-0.15, -0.1) is 0 Å². The first-order chi connectivity index (χ1) is 7.99. The highest BCUT2D eigenvalue weighted by Crippen LogP contribution is 2.26. The number of ether oxygens (including phenoxy) is 1. The van der Waals surface area contributed by atoms with Gasteiger partial charge in [0.1, 0.15) is 5.75 Å². The van der Waals surface area contributed by atoms with Crippen molar-refractivity contribution in [2.24, 2.45) is 0 Å². The fourth-order valence-electron chi connectivity index (χ4n) is 1.81. The quantitative estimate of drug-likeness (QED) is 0.800. The normalized spacial score (nSPS) is 11.1. The van der Waals surface area contributed by atoms with Crippen molar-refractivity contribution in [2.75, 3.05) is 0 Å². The minimum atomic E-state index is -0.446. The van der Waals surface area contributed by atoms with Gasteiger partial charge in [0.05, 0.1) is 11.6 Å². The van der Waals surface area contributed by atoms with Crippen molar-refractivity contribution in [3.63, 3.8) is 0 Å². The SMILES string of the molecule is CC(=O)n1ccc2cc(OC(C)C)cc(F)c21. The molecule has 4 heteroatoms. The Morgan fingerprint density at radius 2 is 2.12 bits per heavy atom. The van der Waals surface area contributed by atoms with E-state index in [0.717, 1.165) is 0 Å². The molecule has 0 fully saturated rings. The second kappa shape index (κ2) is 4.20. The lowest BCUT2D eigenvalue weighted by Crippen LogP contribution is -2.07. The predicted molar refractivity (Wildman–Crippen MR) is 64.0 cm³/mol. The van der Waals surface area contributed by atoms with Crippen molar-refractivity contribution in [1.29, 1.82) is 0 Å². The zero-order chi connectivity index (χ0) is 12.6. The van der Waals surface area contributed by atoms with E-state index in [-0.39, 0.29) is 12.0 Å². The fourth-order valence-corrected chi connectivity index (χ4v) is 1.81. The summed E-state index contributed by atoms with van der Waals surface area (Å²) in [7, 11) is 0. The monoisotopic (exact) mass is 235 g/mol. The van der Waals surface area contributed by atoms with Crippen LogP contribution >= 0.6 is 0 Å². The summed E-state index contributed by atoms with van der Waals surface area (Å²) in [5, 5.41) is 0.663. The van der Waals surface area contributed by atoms with Gasteiger partial charge in [0.25, 0.3) is 0 Å². The van der Waals surface area contributed by atoms with Gasteiger partial charge in [-0.2, -0.15) is 0 Å². The molecule has 3 nitrogen and oxygen atoms in total. The predicted octanol–water partition coefficient (Wildman–Crippen LogP) is 3.23. The van der Waals surface area contributed by atoms with Gasteiger partial charge in [-0.3, -0.25) is 9.36 Å². The molecule has 1 aromatic carbocycles. The van der Waals surface area contributed by atoms with E-state index in [1.807, 2.05) is 13.8 Å². The lowest BCUT2D eigenvalue weighted by Gasteiger charge is -2.10. The first-order valence-corrected chi connectivity index (χ1v) is 5.47. The Labute approximate surface area is 98.8 Å². The van der Waals surface area contributed by atoms with Gasteiger partial charge in [-0.1, -0.05) is 0 Å². The number of benzene rings is 1. The Bertz CT molecular complexity index is 572. The van der Waals surface area contributed by atoms with Gasteiger partial charge in [-0.25, -0.2) is 4.39 Å². The molecule has 90 valence electrons. The van der Waals surface area contributed by atoms with Crippen LogP contribution in [0.25, 0.3) is 10.9 Å². The zero-order valence-corrected chi connectivity index (χ0v) is 10.0. The Morgan fingerprint density at radius 3 is 2.71 bits per heavy atom. The van der Waals surface area contributed by atoms with Crippen LogP contribution in [0.4, 0.5) is 4.39 Å². The van der Waals surface area contributed by atoms with Crippen LogP contribution in [-0.2, 0) is 0 Å². The van der Waals surface area contributed by atoms with Crippen molar-refractivity contribution < 1.29 is 13.9 Å². The minimum Gasteiger partial charge on any atom is -0.491 e. The van der Waals surface area contributed by atoms with E-state index in [1.54, 1.807) is 18.3 Å². The van der Waals surface area contributed by atoms with Gasteiger partial charge in [-0.05, 0) is 26.0 Å². The molecule has 2 rings (SSSR count). The molecule has 0 atom stereocenters. The maximum atomic E-state index is 13.9. The molecule has 0 spiro atoms. The third-order valence-corrected chi connectivity index (χ3v) is 2.42. The van der Waals surface area contributed by atoms with E-state index in [2.05, 4.69) is 0 Å². The fraction of sp³-hybridized carbons (Fsp3) is 0.308. The van der Waals surface area contributed by atoms with Gasteiger partial charge in [0.15, 0.2) is 5.82 Å². The van der Waals surface area contributed by atoms with Crippen LogP contribution in [0.1, 0.15) is 25.6 Å². The highest BCUT2D eigenvalue weighted by atomic mass is 19.1. The maximum Gasteiger partial charge on any atom is 0.228 e. The van der Waals surface area contributed by atoms with Gasteiger partial charge >= 0.3 is 0 Å². The van der Waals surface area contributed by atoms with Crippen molar-refractivity contribution in [1.82, 2.24) is 4.57 Å². The summed E-state index contributed by atoms with van der Waals surface area (Å²) in [6.45, 7) is 5.16. The zero-order valence-electron chi connectivity index (χ0n) is 10.0. The minimum absolute atomic E-state index is 0.0123. The second-order valence-electron chi connectivity index (χ2n) is 4.21. The summed E-state index contributed by atoms with van der Waals surface area (Å²) in [4.78, 5) is 11.3. The van der Waals surface area contributed by atoms with Crippen molar-refractivity contribution in [2.45, 2.75) is 26.9 Å². The number of hydrogen-bond donors (Lipinski definition) is 0.